The third-order valence-corrected chi connectivity index (χ3v) is 2.58. The van der Waals surface area contributed by atoms with E-state index in [0.717, 1.165) is 4.90 Å². The van der Waals surface area contributed by atoms with Gasteiger partial charge in [0.15, 0.2) is 0 Å². The van der Waals surface area contributed by atoms with Crippen molar-refractivity contribution in [3.05, 3.63) is 28.5 Å². The number of nitrogens with zero attached hydrogens (tertiary/aromatic N) is 2. The number of halogens is 1. The molecule has 7 nitrogen and oxygen atoms in total. The van der Waals surface area contributed by atoms with Crippen LogP contribution in [0.4, 0.5) is 0 Å². The van der Waals surface area contributed by atoms with E-state index in [0.29, 0.717) is 4.47 Å². The van der Waals surface area contributed by atoms with E-state index in [9.17, 15) is 14.4 Å². The van der Waals surface area contributed by atoms with Gasteiger partial charge in [0.1, 0.15) is 18.8 Å². The Hall–Kier alpha value is -1.96. The normalized spacial score (nSPS) is 9.83. The van der Waals surface area contributed by atoms with Crippen molar-refractivity contribution in [2.45, 2.75) is 0 Å². The summed E-state index contributed by atoms with van der Waals surface area (Å²) in [5.74, 6) is -2.08. The number of carbonyl (C=O) groups excluding carboxylic acids is 3. The number of nitrogens with two attached hydrogens (primary N) is 2. The van der Waals surface area contributed by atoms with E-state index in [-0.39, 0.29) is 5.69 Å². The van der Waals surface area contributed by atoms with E-state index in [1.165, 1.54) is 6.20 Å². The molecule has 0 aliphatic carbocycles. The molecule has 1 heterocycles. The molecule has 1 aromatic heterocycles. The quantitative estimate of drug-likeness (QED) is 0.743. The maximum Gasteiger partial charge on any atom is 0.274 e. The summed E-state index contributed by atoms with van der Waals surface area (Å²) in [4.78, 5) is 38.6. The molecular weight excluding hydrogens is 304 g/mol. The average Bonchev–Trinajstić information content (AvgIpc) is 2.26. The molecule has 0 aliphatic rings. The van der Waals surface area contributed by atoms with E-state index in [4.69, 9.17) is 11.5 Å². The number of amides is 3. The molecule has 96 valence electrons. The summed E-state index contributed by atoms with van der Waals surface area (Å²) in [5.41, 5.74) is 10.1. The molecule has 0 unspecified atom stereocenters. The Kier molecular flexibility index (Phi) is 4.78. The number of hydrogen-bond donors (Lipinski definition) is 2. The van der Waals surface area contributed by atoms with E-state index in [2.05, 4.69) is 20.9 Å². The highest BCUT2D eigenvalue weighted by Gasteiger charge is 2.22. The van der Waals surface area contributed by atoms with Crippen LogP contribution in [0.3, 0.4) is 0 Å². The lowest BCUT2D eigenvalue weighted by Gasteiger charge is -2.19. The van der Waals surface area contributed by atoms with Crippen molar-refractivity contribution in [3.63, 3.8) is 0 Å². The van der Waals surface area contributed by atoms with E-state index in [1.807, 2.05) is 0 Å². The molecule has 0 fully saturated rings. The smallest absolute Gasteiger partial charge is 0.274 e. The molecule has 3 amide bonds. The second kappa shape index (κ2) is 6.10. The zero-order chi connectivity index (χ0) is 13.7. The molecule has 0 radical (unpaired) electrons. The third kappa shape index (κ3) is 3.81. The van der Waals surface area contributed by atoms with E-state index >= 15 is 0 Å². The van der Waals surface area contributed by atoms with Crippen LogP contribution in [-0.4, -0.2) is 40.7 Å². The van der Waals surface area contributed by atoms with Gasteiger partial charge in [0, 0.05) is 10.7 Å². The summed E-state index contributed by atoms with van der Waals surface area (Å²) < 4.78 is 0.453. The molecule has 1 aromatic rings. The molecule has 0 aliphatic heterocycles. The standard InChI is InChI=1S/C10H11BrN4O3/c11-6-2-1-3-14-9(6)10(18)15(4-7(12)16)5-8(13)17/h1-3H,4-5H2,(H2,12,16)(H2,13,17). The van der Waals surface area contributed by atoms with Crippen LogP contribution in [-0.2, 0) is 9.59 Å². The number of primary amides is 2. The zero-order valence-corrected chi connectivity index (χ0v) is 10.9. The minimum absolute atomic E-state index is 0.0833. The van der Waals surface area contributed by atoms with Gasteiger partial charge in [-0.25, -0.2) is 4.98 Å². The Morgan fingerprint density at radius 1 is 1.22 bits per heavy atom. The zero-order valence-electron chi connectivity index (χ0n) is 9.30. The summed E-state index contributed by atoms with van der Waals surface area (Å²) >= 11 is 3.16. The maximum atomic E-state index is 12.1. The predicted molar refractivity (Wildman–Crippen MR) is 66.2 cm³/mol. The Labute approximate surface area is 111 Å². The van der Waals surface area contributed by atoms with Crippen molar-refractivity contribution in [2.75, 3.05) is 13.1 Å². The van der Waals surface area contributed by atoms with Crippen molar-refractivity contribution in [3.8, 4) is 0 Å². The molecule has 18 heavy (non-hydrogen) atoms. The largest absolute Gasteiger partial charge is 0.368 e. The second-order valence-corrected chi connectivity index (χ2v) is 4.28. The summed E-state index contributed by atoms with van der Waals surface area (Å²) in [7, 11) is 0. The van der Waals surface area contributed by atoms with Crippen molar-refractivity contribution in [2.24, 2.45) is 11.5 Å². The molecule has 4 N–H and O–H groups in total. The average molecular weight is 315 g/mol. The first kappa shape index (κ1) is 14.1. The number of hydrogen-bond acceptors (Lipinski definition) is 4. The van der Waals surface area contributed by atoms with Crippen LogP contribution in [0.1, 0.15) is 10.5 Å². The van der Waals surface area contributed by atoms with Crippen LogP contribution in [0.5, 0.6) is 0 Å². The molecule has 0 spiro atoms. The minimum Gasteiger partial charge on any atom is -0.368 e. The first-order valence-corrected chi connectivity index (χ1v) is 5.67. The Morgan fingerprint density at radius 2 is 1.78 bits per heavy atom. The molecule has 0 saturated heterocycles. The lowest BCUT2D eigenvalue weighted by molar-refractivity contribution is -0.121. The molecule has 0 saturated carbocycles. The SMILES string of the molecule is NC(=O)CN(CC(N)=O)C(=O)c1ncccc1Br. The number of rotatable bonds is 5. The second-order valence-electron chi connectivity index (χ2n) is 3.43. The number of pyridine rings is 1. The molecular formula is C10H11BrN4O3. The van der Waals surface area contributed by atoms with Crippen LogP contribution in [0, 0.1) is 0 Å². The fourth-order valence-corrected chi connectivity index (χ4v) is 1.69. The van der Waals surface area contributed by atoms with E-state index < -0.39 is 30.8 Å². The van der Waals surface area contributed by atoms with Gasteiger partial charge in [0.05, 0.1) is 0 Å². The van der Waals surface area contributed by atoms with Crippen molar-refractivity contribution in [1.29, 1.82) is 0 Å². The highest BCUT2D eigenvalue weighted by Crippen LogP contribution is 2.15. The number of aromatic nitrogens is 1. The van der Waals surface area contributed by atoms with Crippen LogP contribution < -0.4 is 11.5 Å². The monoisotopic (exact) mass is 314 g/mol. The summed E-state index contributed by atoms with van der Waals surface area (Å²) in [5, 5.41) is 0. The van der Waals surface area contributed by atoms with Crippen LogP contribution in [0.15, 0.2) is 22.8 Å². The molecule has 0 bridgehead atoms. The van der Waals surface area contributed by atoms with Gasteiger partial charge in [-0.3, -0.25) is 14.4 Å². The van der Waals surface area contributed by atoms with Gasteiger partial charge in [-0.05, 0) is 28.1 Å². The van der Waals surface area contributed by atoms with Gasteiger partial charge >= 0.3 is 0 Å². The van der Waals surface area contributed by atoms with Crippen LogP contribution in [0.25, 0.3) is 0 Å². The fourth-order valence-electron chi connectivity index (χ4n) is 1.27. The van der Waals surface area contributed by atoms with Gasteiger partial charge in [0.2, 0.25) is 11.8 Å². The van der Waals surface area contributed by atoms with Gasteiger partial charge in [-0.1, -0.05) is 0 Å². The summed E-state index contributed by atoms with van der Waals surface area (Å²) in [6.07, 6.45) is 1.42. The summed E-state index contributed by atoms with van der Waals surface area (Å²) in [6, 6.07) is 3.25. The van der Waals surface area contributed by atoms with Crippen molar-refractivity contribution < 1.29 is 14.4 Å². The third-order valence-electron chi connectivity index (χ3n) is 1.94. The fraction of sp³-hybridized carbons (Fsp3) is 0.200. The topological polar surface area (TPSA) is 119 Å². The van der Waals surface area contributed by atoms with Gasteiger partial charge in [-0.15, -0.1) is 0 Å². The minimum atomic E-state index is -0.739. The molecule has 8 heteroatoms. The molecule has 0 aromatic carbocycles. The van der Waals surface area contributed by atoms with Gasteiger partial charge in [0.25, 0.3) is 5.91 Å². The Morgan fingerprint density at radius 3 is 2.22 bits per heavy atom. The van der Waals surface area contributed by atoms with Crippen molar-refractivity contribution >= 4 is 33.7 Å². The van der Waals surface area contributed by atoms with Crippen LogP contribution >= 0.6 is 15.9 Å². The first-order valence-electron chi connectivity index (χ1n) is 4.88. The lowest BCUT2D eigenvalue weighted by Crippen LogP contribution is -2.43. The van der Waals surface area contributed by atoms with Gasteiger partial charge in [-0.2, -0.15) is 0 Å². The number of carbonyl (C=O) groups is 3. The van der Waals surface area contributed by atoms with Gasteiger partial charge < -0.3 is 16.4 Å². The Bertz CT molecular complexity index is 476. The van der Waals surface area contributed by atoms with E-state index in [1.54, 1.807) is 12.1 Å². The highest BCUT2D eigenvalue weighted by atomic mass is 79.9. The lowest BCUT2D eigenvalue weighted by atomic mass is 10.3. The molecule has 1 rings (SSSR count). The summed E-state index contributed by atoms with van der Waals surface area (Å²) in [6.45, 7) is -0.796. The maximum absolute atomic E-state index is 12.1. The first-order chi connectivity index (χ1) is 8.41. The highest BCUT2D eigenvalue weighted by molar-refractivity contribution is 9.10. The van der Waals surface area contributed by atoms with Crippen LogP contribution in [0.2, 0.25) is 0 Å². The Balaban J connectivity index is 2.98. The molecule has 0 atom stereocenters. The van der Waals surface area contributed by atoms with Crippen molar-refractivity contribution in [1.82, 2.24) is 9.88 Å². The predicted octanol–water partition coefficient (Wildman–Crippen LogP) is -0.743.